The average molecular weight is 331 g/mol. The maximum Gasteiger partial charge on any atom is 0.246 e. The minimum absolute atomic E-state index is 0.0853. The molecule has 0 spiro atoms. The molecule has 0 bridgehead atoms. The average Bonchev–Trinajstić information content (AvgIpc) is 3.01. The van der Waals surface area contributed by atoms with Crippen LogP contribution in [0, 0.1) is 0 Å². The number of aliphatic hydroxyl groups excluding tert-OH is 1. The van der Waals surface area contributed by atoms with E-state index in [-0.39, 0.29) is 24.5 Å². The third-order valence-electron chi connectivity index (χ3n) is 3.58. The van der Waals surface area contributed by atoms with E-state index in [0.29, 0.717) is 18.8 Å². The zero-order chi connectivity index (χ0) is 17.6. The minimum Gasteiger partial charge on any atom is -0.396 e. The third-order valence-corrected chi connectivity index (χ3v) is 3.58. The van der Waals surface area contributed by atoms with E-state index in [2.05, 4.69) is 10.5 Å². The zero-order valence-electron chi connectivity index (χ0n) is 14.5. The Hall–Kier alpha value is -2.34. The lowest BCUT2D eigenvalue weighted by Crippen LogP contribution is -2.34. The van der Waals surface area contributed by atoms with Crippen molar-refractivity contribution in [3.8, 4) is 0 Å². The predicted octanol–water partition coefficient (Wildman–Crippen LogP) is 2.80. The molecule has 24 heavy (non-hydrogen) atoms. The van der Waals surface area contributed by atoms with Crippen LogP contribution in [0.15, 0.2) is 40.9 Å². The first kappa shape index (κ1) is 18.0. The number of nitrogens with zero attached hydrogens (tertiary/aromatic N) is 2. The smallest absolute Gasteiger partial charge is 0.246 e. The largest absolute Gasteiger partial charge is 0.396 e. The molecule has 0 aliphatic rings. The second kappa shape index (κ2) is 7.97. The second-order valence-electron chi connectivity index (χ2n) is 6.71. The van der Waals surface area contributed by atoms with Gasteiger partial charge in [-0.15, -0.1) is 0 Å². The third kappa shape index (κ3) is 5.09. The fraction of sp³-hybridized carbons (Fsp3) is 0.444. The summed E-state index contributed by atoms with van der Waals surface area (Å²) in [5, 5.41) is 15.8. The molecule has 0 atom stereocenters. The molecule has 0 fully saturated rings. The van der Waals surface area contributed by atoms with E-state index < -0.39 is 0 Å². The number of amides is 1. The number of para-hydroxylation sites is 1. The van der Waals surface area contributed by atoms with Gasteiger partial charge in [0, 0.05) is 30.3 Å². The molecule has 130 valence electrons. The molecule has 1 aromatic carbocycles. The number of aliphatic hydroxyl groups is 1. The van der Waals surface area contributed by atoms with Gasteiger partial charge in [0.2, 0.25) is 11.8 Å². The van der Waals surface area contributed by atoms with E-state index >= 15 is 0 Å². The number of benzene rings is 1. The van der Waals surface area contributed by atoms with Crippen molar-refractivity contribution in [3.63, 3.8) is 0 Å². The fourth-order valence-corrected chi connectivity index (χ4v) is 2.24. The van der Waals surface area contributed by atoms with Crippen LogP contribution >= 0.6 is 0 Å². The molecule has 0 saturated carbocycles. The van der Waals surface area contributed by atoms with Gasteiger partial charge in [-0.2, -0.15) is 0 Å². The van der Waals surface area contributed by atoms with Crippen molar-refractivity contribution >= 4 is 17.5 Å². The molecular formula is C18H25N3O3. The van der Waals surface area contributed by atoms with E-state index in [9.17, 15) is 4.79 Å². The van der Waals surface area contributed by atoms with Gasteiger partial charge < -0.3 is 14.5 Å². The van der Waals surface area contributed by atoms with Crippen molar-refractivity contribution in [1.29, 1.82) is 0 Å². The summed E-state index contributed by atoms with van der Waals surface area (Å²) in [6.07, 6.45) is 0.596. The standard InChI is InChI=1S/C18H25N3O3/c1-18(2,3)15-12-17(24-20-15)19-16(23)13-21(10-7-11-22)14-8-5-4-6-9-14/h4-6,8-9,12,22H,7,10-11,13H2,1-3H3,(H,19,23). The molecule has 0 radical (unpaired) electrons. The van der Waals surface area contributed by atoms with E-state index in [1.165, 1.54) is 0 Å². The molecule has 6 nitrogen and oxygen atoms in total. The van der Waals surface area contributed by atoms with Crippen LogP contribution in [0.2, 0.25) is 0 Å². The normalized spacial score (nSPS) is 11.3. The monoisotopic (exact) mass is 331 g/mol. The van der Waals surface area contributed by atoms with Gasteiger partial charge in [-0.3, -0.25) is 10.1 Å². The van der Waals surface area contributed by atoms with Gasteiger partial charge in [0.1, 0.15) is 0 Å². The first-order valence-corrected chi connectivity index (χ1v) is 8.08. The number of carbonyl (C=O) groups excluding carboxylic acids is 1. The Labute approximate surface area is 142 Å². The molecule has 2 aromatic rings. The highest BCUT2D eigenvalue weighted by atomic mass is 16.5. The molecule has 2 rings (SSSR count). The summed E-state index contributed by atoms with van der Waals surface area (Å²) in [6, 6.07) is 11.4. The summed E-state index contributed by atoms with van der Waals surface area (Å²) in [5.74, 6) is 0.161. The van der Waals surface area contributed by atoms with Gasteiger partial charge in [-0.25, -0.2) is 0 Å². The maximum absolute atomic E-state index is 12.3. The van der Waals surface area contributed by atoms with E-state index in [1.807, 2.05) is 56.0 Å². The lowest BCUT2D eigenvalue weighted by molar-refractivity contribution is -0.115. The summed E-state index contributed by atoms with van der Waals surface area (Å²) >= 11 is 0. The molecule has 0 saturated heterocycles. The molecular weight excluding hydrogens is 306 g/mol. The summed E-state index contributed by atoms with van der Waals surface area (Å²) in [6.45, 7) is 6.95. The van der Waals surface area contributed by atoms with Crippen molar-refractivity contribution in [2.75, 3.05) is 29.9 Å². The van der Waals surface area contributed by atoms with Gasteiger partial charge in [-0.1, -0.05) is 44.1 Å². The lowest BCUT2D eigenvalue weighted by atomic mass is 9.92. The molecule has 6 heteroatoms. The number of hydrogen-bond donors (Lipinski definition) is 2. The molecule has 0 aliphatic carbocycles. The quantitative estimate of drug-likeness (QED) is 0.815. The van der Waals surface area contributed by atoms with Crippen LogP contribution in [0.1, 0.15) is 32.9 Å². The van der Waals surface area contributed by atoms with Crippen molar-refractivity contribution in [2.45, 2.75) is 32.6 Å². The summed E-state index contributed by atoms with van der Waals surface area (Å²) in [5.41, 5.74) is 1.59. The Morgan fingerprint density at radius 1 is 1.29 bits per heavy atom. The van der Waals surface area contributed by atoms with Crippen molar-refractivity contribution in [2.24, 2.45) is 0 Å². The Kier molecular flexibility index (Phi) is 5.98. The van der Waals surface area contributed by atoms with Crippen LogP contribution in [0.3, 0.4) is 0 Å². The van der Waals surface area contributed by atoms with Crippen molar-refractivity contribution in [3.05, 3.63) is 42.1 Å². The highest BCUT2D eigenvalue weighted by Crippen LogP contribution is 2.23. The number of anilines is 2. The highest BCUT2D eigenvalue weighted by molar-refractivity contribution is 5.93. The van der Waals surface area contributed by atoms with Gasteiger partial charge in [0.25, 0.3) is 0 Å². The van der Waals surface area contributed by atoms with Crippen LogP contribution in [0.5, 0.6) is 0 Å². The maximum atomic E-state index is 12.3. The van der Waals surface area contributed by atoms with E-state index in [0.717, 1.165) is 11.4 Å². The van der Waals surface area contributed by atoms with E-state index in [1.54, 1.807) is 6.07 Å². The van der Waals surface area contributed by atoms with Crippen LogP contribution in [-0.4, -0.2) is 35.9 Å². The van der Waals surface area contributed by atoms with Crippen LogP contribution in [0.4, 0.5) is 11.6 Å². The molecule has 1 aromatic heterocycles. The first-order valence-electron chi connectivity index (χ1n) is 8.08. The van der Waals surface area contributed by atoms with Crippen LogP contribution in [0.25, 0.3) is 0 Å². The molecule has 1 amide bonds. The van der Waals surface area contributed by atoms with Crippen molar-refractivity contribution in [1.82, 2.24) is 5.16 Å². The molecule has 0 unspecified atom stereocenters. The lowest BCUT2D eigenvalue weighted by Gasteiger charge is -2.23. The van der Waals surface area contributed by atoms with Crippen LogP contribution < -0.4 is 10.2 Å². The summed E-state index contributed by atoms with van der Waals surface area (Å²) < 4.78 is 5.19. The fourth-order valence-electron chi connectivity index (χ4n) is 2.24. The minimum atomic E-state index is -0.187. The van der Waals surface area contributed by atoms with E-state index in [4.69, 9.17) is 9.63 Å². The zero-order valence-corrected chi connectivity index (χ0v) is 14.5. The first-order chi connectivity index (χ1) is 11.4. The van der Waals surface area contributed by atoms with Gasteiger partial charge in [0.15, 0.2) is 0 Å². The Morgan fingerprint density at radius 2 is 2.00 bits per heavy atom. The Morgan fingerprint density at radius 3 is 2.58 bits per heavy atom. The van der Waals surface area contributed by atoms with Crippen LogP contribution in [-0.2, 0) is 10.2 Å². The molecule has 0 aliphatic heterocycles. The summed E-state index contributed by atoms with van der Waals surface area (Å²) in [7, 11) is 0. The number of rotatable bonds is 7. The predicted molar refractivity (Wildman–Crippen MR) is 94.2 cm³/mol. The highest BCUT2D eigenvalue weighted by Gasteiger charge is 2.20. The SMILES string of the molecule is CC(C)(C)c1cc(NC(=O)CN(CCCO)c2ccccc2)on1. The van der Waals surface area contributed by atoms with Gasteiger partial charge in [-0.05, 0) is 18.6 Å². The Balaban J connectivity index is 2.01. The Bertz CT molecular complexity index is 647. The topological polar surface area (TPSA) is 78.6 Å². The number of aromatic nitrogens is 1. The number of hydrogen-bond acceptors (Lipinski definition) is 5. The second-order valence-corrected chi connectivity index (χ2v) is 6.71. The number of carbonyl (C=O) groups is 1. The summed E-state index contributed by atoms with van der Waals surface area (Å²) in [4.78, 5) is 14.2. The molecule has 1 heterocycles. The van der Waals surface area contributed by atoms with Gasteiger partial charge in [0.05, 0.1) is 12.2 Å². The van der Waals surface area contributed by atoms with Gasteiger partial charge >= 0.3 is 0 Å². The molecule has 2 N–H and O–H groups in total. The number of nitrogens with one attached hydrogen (secondary N) is 1. The van der Waals surface area contributed by atoms with Crippen molar-refractivity contribution < 1.29 is 14.4 Å².